The van der Waals surface area contributed by atoms with Crippen LogP contribution in [-0.4, -0.2) is 10.1 Å². The van der Waals surface area contributed by atoms with E-state index in [1.807, 2.05) is 0 Å². The van der Waals surface area contributed by atoms with Crippen LogP contribution in [0.25, 0.3) is 0 Å². The summed E-state index contributed by atoms with van der Waals surface area (Å²) in [5, 5.41) is 3.99. The SMILES string of the molecule is CC(C)C[C@@H](N)c1nc(C2CC2C)no1. The van der Waals surface area contributed by atoms with Crippen molar-refractivity contribution < 1.29 is 4.52 Å². The number of nitrogens with two attached hydrogens (primary N) is 1. The van der Waals surface area contributed by atoms with Crippen molar-refractivity contribution in [3.8, 4) is 0 Å². The molecule has 2 rings (SSSR count). The third kappa shape index (κ3) is 2.37. The molecule has 0 spiro atoms. The minimum absolute atomic E-state index is 0.111. The van der Waals surface area contributed by atoms with E-state index in [4.69, 9.17) is 10.3 Å². The van der Waals surface area contributed by atoms with Gasteiger partial charge in [0, 0.05) is 5.92 Å². The van der Waals surface area contributed by atoms with E-state index < -0.39 is 0 Å². The summed E-state index contributed by atoms with van der Waals surface area (Å²) in [7, 11) is 0. The summed E-state index contributed by atoms with van der Waals surface area (Å²) < 4.78 is 5.19. The van der Waals surface area contributed by atoms with Gasteiger partial charge in [0.1, 0.15) is 0 Å². The molecule has 2 N–H and O–H groups in total. The quantitative estimate of drug-likeness (QED) is 0.825. The van der Waals surface area contributed by atoms with Crippen LogP contribution in [0.3, 0.4) is 0 Å². The molecule has 0 saturated heterocycles. The molecule has 0 bridgehead atoms. The Morgan fingerprint density at radius 3 is 2.73 bits per heavy atom. The van der Waals surface area contributed by atoms with Gasteiger partial charge in [0.2, 0.25) is 5.89 Å². The number of rotatable bonds is 4. The summed E-state index contributed by atoms with van der Waals surface area (Å²) in [6, 6.07) is -0.111. The molecule has 4 heteroatoms. The Hall–Kier alpha value is -0.900. The Balaban J connectivity index is 2.00. The highest BCUT2D eigenvalue weighted by atomic mass is 16.5. The van der Waals surface area contributed by atoms with Crippen molar-refractivity contribution in [3.63, 3.8) is 0 Å². The second kappa shape index (κ2) is 3.93. The zero-order chi connectivity index (χ0) is 11.0. The van der Waals surface area contributed by atoms with E-state index >= 15 is 0 Å². The highest BCUT2D eigenvalue weighted by Gasteiger charge is 2.38. The van der Waals surface area contributed by atoms with Crippen molar-refractivity contribution in [2.45, 2.75) is 45.6 Å². The first-order chi connectivity index (χ1) is 7.08. The van der Waals surface area contributed by atoms with Gasteiger partial charge >= 0.3 is 0 Å². The molecule has 1 aromatic heterocycles. The molecule has 84 valence electrons. The summed E-state index contributed by atoms with van der Waals surface area (Å²) >= 11 is 0. The number of nitrogens with zero attached hydrogens (tertiary/aromatic N) is 2. The lowest BCUT2D eigenvalue weighted by Gasteiger charge is -2.08. The lowest BCUT2D eigenvalue weighted by atomic mass is 10.0. The molecule has 2 unspecified atom stereocenters. The fraction of sp³-hybridized carbons (Fsp3) is 0.818. The number of hydrogen-bond donors (Lipinski definition) is 1. The van der Waals surface area contributed by atoms with Gasteiger partial charge in [-0.3, -0.25) is 0 Å². The van der Waals surface area contributed by atoms with Crippen molar-refractivity contribution in [3.05, 3.63) is 11.7 Å². The lowest BCUT2D eigenvalue weighted by Crippen LogP contribution is -2.13. The van der Waals surface area contributed by atoms with Crippen LogP contribution in [-0.2, 0) is 0 Å². The first-order valence-electron chi connectivity index (χ1n) is 5.67. The largest absolute Gasteiger partial charge is 0.338 e. The van der Waals surface area contributed by atoms with Crippen LogP contribution in [0.2, 0.25) is 0 Å². The molecular weight excluding hydrogens is 190 g/mol. The Labute approximate surface area is 90.2 Å². The van der Waals surface area contributed by atoms with Crippen LogP contribution in [0.4, 0.5) is 0 Å². The van der Waals surface area contributed by atoms with Crippen LogP contribution >= 0.6 is 0 Å². The lowest BCUT2D eigenvalue weighted by molar-refractivity contribution is 0.332. The van der Waals surface area contributed by atoms with Gasteiger partial charge in [0.05, 0.1) is 6.04 Å². The van der Waals surface area contributed by atoms with Gasteiger partial charge < -0.3 is 10.3 Å². The van der Waals surface area contributed by atoms with Gasteiger partial charge in [-0.1, -0.05) is 25.9 Å². The maximum atomic E-state index is 5.97. The molecule has 15 heavy (non-hydrogen) atoms. The van der Waals surface area contributed by atoms with Crippen molar-refractivity contribution >= 4 is 0 Å². The molecule has 0 amide bonds. The van der Waals surface area contributed by atoms with E-state index in [0.29, 0.717) is 23.6 Å². The van der Waals surface area contributed by atoms with E-state index in [-0.39, 0.29) is 6.04 Å². The molecule has 1 saturated carbocycles. The standard InChI is InChI=1S/C11H19N3O/c1-6(2)4-9(12)11-13-10(14-15-11)8-5-7(8)3/h6-9H,4-5,12H2,1-3H3/t7?,8?,9-/m1/s1. The van der Waals surface area contributed by atoms with E-state index in [1.165, 1.54) is 6.42 Å². The normalized spacial score (nSPS) is 27.0. The van der Waals surface area contributed by atoms with Gasteiger partial charge in [0.25, 0.3) is 0 Å². The van der Waals surface area contributed by atoms with Gasteiger partial charge in [-0.15, -0.1) is 0 Å². The predicted molar refractivity (Wildman–Crippen MR) is 57.2 cm³/mol. The Morgan fingerprint density at radius 2 is 2.20 bits per heavy atom. The molecule has 0 radical (unpaired) electrons. The molecule has 0 aliphatic heterocycles. The van der Waals surface area contributed by atoms with Gasteiger partial charge in [-0.05, 0) is 24.7 Å². The van der Waals surface area contributed by atoms with Crippen molar-refractivity contribution in [1.82, 2.24) is 10.1 Å². The monoisotopic (exact) mass is 209 g/mol. The molecule has 4 nitrogen and oxygen atoms in total. The summed E-state index contributed by atoms with van der Waals surface area (Å²) in [6.07, 6.45) is 2.07. The minimum atomic E-state index is -0.111. The average Bonchev–Trinajstić information content (AvgIpc) is 2.70. The van der Waals surface area contributed by atoms with Gasteiger partial charge in [-0.25, -0.2) is 0 Å². The van der Waals surface area contributed by atoms with Crippen molar-refractivity contribution in [2.75, 3.05) is 0 Å². The van der Waals surface area contributed by atoms with E-state index in [9.17, 15) is 0 Å². The number of aromatic nitrogens is 2. The topological polar surface area (TPSA) is 64.9 Å². The number of hydrogen-bond acceptors (Lipinski definition) is 4. The first kappa shape index (κ1) is 10.6. The van der Waals surface area contributed by atoms with Crippen molar-refractivity contribution in [1.29, 1.82) is 0 Å². The Bertz CT molecular complexity index is 334. The molecule has 1 heterocycles. The van der Waals surface area contributed by atoms with E-state index in [1.54, 1.807) is 0 Å². The fourth-order valence-corrected chi connectivity index (χ4v) is 1.84. The molecule has 1 aliphatic rings. The van der Waals surface area contributed by atoms with Gasteiger partial charge in [-0.2, -0.15) is 4.98 Å². The minimum Gasteiger partial charge on any atom is -0.338 e. The molecule has 1 fully saturated rings. The maximum Gasteiger partial charge on any atom is 0.243 e. The highest BCUT2D eigenvalue weighted by Crippen LogP contribution is 2.45. The summed E-state index contributed by atoms with van der Waals surface area (Å²) in [5.74, 6) is 3.20. The van der Waals surface area contributed by atoms with E-state index in [2.05, 4.69) is 30.9 Å². The maximum absolute atomic E-state index is 5.97. The summed E-state index contributed by atoms with van der Waals surface area (Å²) in [4.78, 5) is 4.37. The first-order valence-corrected chi connectivity index (χ1v) is 5.67. The van der Waals surface area contributed by atoms with E-state index in [0.717, 1.165) is 12.2 Å². The molecular formula is C11H19N3O. The van der Waals surface area contributed by atoms with Crippen LogP contribution in [0.1, 0.15) is 57.3 Å². The second-order valence-corrected chi connectivity index (χ2v) is 5.05. The van der Waals surface area contributed by atoms with Crippen LogP contribution in [0.15, 0.2) is 4.52 Å². The second-order valence-electron chi connectivity index (χ2n) is 5.05. The van der Waals surface area contributed by atoms with Crippen LogP contribution in [0.5, 0.6) is 0 Å². The molecule has 1 aliphatic carbocycles. The fourth-order valence-electron chi connectivity index (χ4n) is 1.84. The Morgan fingerprint density at radius 1 is 1.53 bits per heavy atom. The third-order valence-electron chi connectivity index (χ3n) is 2.94. The summed E-state index contributed by atoms with van der Waals surface area (Å²) in [5.41, 5.74) is 5.97. The van der Waals surface area contributed by atoms with Crippen LogP contribution < -0.4 is 5.73 Å². The third-order valence-corrected chi connectivity index (χ3v) is 2.94. The Kier molecular flexibility index (Phi) is 2.78. The molecule has 1 aromatic rings. The van der Waals surface area contributed by atoms with Gasteiger partial charge in [0.15, 0.2) is 5.82 Å². The predicted octanol–water partition coefficient (Wildman–Crippen LogP) is 2.24. The highest BCUT2D eigenvalue weighted by molar-refractivity contribution is 5.08. The smallest absolute Gasteiger partial charge is 0.243 e. The molecule has 3 atom stereocenters. The average molecular weight is 209 g/mol. The summed E-state index contributed by atoms with van der Waals surface area (Å²) in [6.45, 7) is 6.48. The molecule has 0 aromatic carbocycles. The zero-order valence-corrected chi connectivity index (χ0v) is 9.60. The zero-order valence-electron chi connectivity index (χ0n) is 9.60. The van der Waals surface area contributed by atoms with Crippen LogP contribution in [0, 0.1) is 11.8 Å². The van der Waals surface area contributed by atoms with Crippen molar-refractivity contribution in [2.24, 2.45) is 17.6 Å².